The third kappa shape index (κ3) is 15.0. The Balaban J connectivity index is 1.04. The summed E-state index contributed by atoms with van der Waals surface area (Å²) in [5.41, 5.74) is 0. The molecule has 6 heterocycles. The van der Waals surface area contributed by atoms with E-state index in [1.165, 1.54) is 7.11 Å². The molecule has 0 aromatic carbocycles. The van der Waals surface area contributed by atoms with Gasteiger partial charge < -0.3 is 128 Å². The number of methoxy groups -OCH3 is 1. The molecular weight excluding hydrogens is 996 g/mol. The van der Waals surface area contributed by atoms with Gasteiger partial charge in [0.2, 0.25) is 0 Å². The summed E-state index contributed by atoms with van der Waals surface area (Å²) in [7, 11) is 1.41. The first kappa shape index (κ1) is 61.7. The van der Waals surface area contributed by atoms with Crippen LogP contribution in [0.2, 0.25) is 0 Å². The first-order chi connectivity index (χ1) is 35.3. The van der Waals surface area contributed by atoms with Crippen molar-refractivity contribution in [3.63, 3.8) is 0 Å². The van der Waals surface area contributed by atoms with Crippen LogP contribution in [-0.2, 0) is 71.1 Å². The third-order valence-corrected chi connectivity index (χ3v) is 15.0. The highest BCUT2D eigenvalue weighted by atomic mass is 16.7. The van der Waals surface area contributed by atoms with Gasteiger partial charge in [0.1, 0.15) is 86.6 Å². The van der Waals surface area contributed by atoms with Gasteiger partial charge in [0, 0.05) is 31.8 Å². The van der Waals surface area contributed by atoms with Gasteiger partial charge in [0.15, 0.2) is 12.1 Å². The van der Waals surface area contributed by atoms with Gasteiger partial charge in [0.25, 0.3) is 0 Å². The summed E-state index contributed by atoms with van der Waals surface area (Å²) in [6.45, 7) is 2.17. The zero-order valence-electron chi connectivity index (χ0n) is 42.5. The van der Waals surface area contributed by atoms with Crippen LogP contribution in [-0.4, -0.2) is 295 Å². The van der Waals surface area contributed by atoms with Crippen LogP contribution >= 0.6 is 0 Å². The molecule has 27 nitrogen and oxygen atoms in total. The van der Waals surface area contributed by atoms with Crippen LogP contribution in [0, 0.1) is 29.6 Å². The SMILES string of the molecule is CCC1C(CO)OC(COCC2C(CO)OC(COC)C(O)C2O)C(O)C1COCC1OC(COC(C)=O)C(O)C(O)C1COCC1OC(OCO)C(COCC2OC3COC(C)(C)OC3C(O)C2O)C(O)C1O. The molecule has 0 aromatic heterocycles. The van der Waals surface area contributed by atoms with E-state index in [1.807, 2.05) is 6.92 Å². The zero-order valence-corrected chi connectivity index (χ0v) is 42.5. The number of hydrogen-bond acceptors (Lipinski definition) is 27. The fourth-order valence-electron chi connectivity index (χ4n) is 10.8. The number of rotatable bonds is 25. The largest absolute Gasteiger partial charge is 0.463 e. The molecule has 6 fully saturated rings. The van der Waals surface area contributed by atoms with E-state index in [1.54, 1.807) is 13.8 Å². The van der Waals surface area contributed by atoms with Crippen LogP contribution in [0.3, 0.4) is 0 Å². The minimum Gasteiger partial charge on any atom is -0.463 e. The topological polar surface area (TPSA) is 389 Å². The van der Waals surface area contributed by atoms with Gasteiger partial charge in [0.05, 0.1) is 128 Å². The molecule has 0 spiro atoms. The molecule has 6 saturated heterocycles. The monoisotopic (exact) mass is 1080 g/mol. The number of fused-ring (bicyclic) bond motifs is 1. The molecule has 6 rings (SSSR count). The lowest BCUT2D eigenvalue weighted by atomic mass is 9.78. The van der Waals surface area contributed by atoms with Crippen molar-refractivity contribution in [3.8, 4) is 0 Å². The van der Waals surface area contributed by atoms with Gasteiger partial charge >= 0.3 is 5.97 Å². The van der Waals surface area contributed by atoms with E-state index < -0.39 is 197 Å². The van der Waals surface area contributed by atoms with E-state index in [9.17, 15) is 66.1 Å². The number of aliphatic hydroxyl groups is 12. The number of carbonyl (C=O) groups is 1. The van der Waals surface area contributed by atoms with Crippen LogP contribution in [0.5, 0.6) is 0 Å². The number of carbonyl (C=O) groups excluding carboxylic acids is 1. The Labute approximate surface area is 429 Å². The first-order valence-corrected chi connectivity index (χ1v) is 25.4. The number of esters is 1. The highest BCUT2D eigenvalue weighted by Gasteiger charge is 2.52. The second-order valence-corrected chi connectivity index (χ2v) is 20.4. The van der Waals surface area contributed by atoms with Crippen molar-refractivity contribution in [1.82, 2.24) is 0 Å². The summed E-state index contributed by atoms with van der Waals surface area (Å²) >= 11 is 0. The Bertz CT molecular complexity index is 1650. The molecule has 0 aromatic rings. The van der Waals surface area contributed by atoms with Gasteiger partial charge in [-0.25, -0.2) is 0 Å². The summed E-state index contributed by atoms with van der Waals surface area (Å²) in [6, 6.07) is 0. The number of hydrogen-bond donors (Lipinski definition) is 12. The highest BCUT2D eigenvalue weighted by molar-refractivity contribution is 5.65. The Kier molecular flexibility index (Phi) is 23.8. The summed E-state index contributed by atoms with van der Waals surface area (Å²) in [4.78, 5) is 11.7. The van der Waals surface area contributed by atoms with Gasteiger partial charge in [-0.05, 0) is 19.8 Å². The van der Waals surface area contributed by atoms with Crippen LogP contribution in [0.4, 0.5) is 0 Å². The molecule has 12 N–H and O–H groups in total. The average Bonchev–Trinajstić information content (AvgIpc) is 3.37. The van der Waals surface area contributed by atoms with Crippen molar-refractivity contribution < 1.29 is 132 Å². The van der Waals surface area contributed by atoms with E-state index >= 15 is 0 Å². The van der Waals surface area contributed by atoms with Crippen LogP contribution < -0.4 is 0 Å². The predicted molar refractivity (Wildman–Crippen MR) is 244 cm³/mol. The summed E-state index contributed by atoms with van der Waals surface area (Å²) in [5, 5.41) is 130. The molecular formula is C47H82O27. The molecule has 0 saturated carbocycles. The van der Waals surface area contributed by atoms with Crippen molar-refractivity contribution in [2.24, 2.45) is 29.6 Å². The maximum absolute atomic E-state index is 11.7. The fraction of sp³-hybridized carbons (Fsp3) is 0.979. The lowest BCUT2D eigenvalue weighted by Crippen LogP contribution is -2.65. The standard InChI is InChI=1S/C47H82O27/c1-6-22-23(36(52)31(69-27(22)7-48)15-63-10-24-28(8-49)70-30(13-61-5)40(56)37(24)53)9-62-14-29-25(38(54)42(58)34(71-29)18-66-21(2)51)11-64-17-33-41(57)39(55)26(46(73-33)67-20-50)12-65-16-32-43(59)44(60)45-35(72-32)19-68-47(3,4)74-45/h22-46,48-50,52-60H,6-20H2,1-5H3. The summed E-state index contributed by atoms with van der Waals surface area (Å²) in [6.07, 6.45) is -23.4. The number of aliphatic hydroxyl groups excluding tert-OH is 12. The zero-order chi connectivity index (χ0) is 54.0. The minimum absolute atomic E-state index is 0.0160. The van der Waals surface area contributed by atoms with Crippen molar-refractivity contribution in [2.45, 2.75) is 162 Å². The normalized spacial score (nSPS) is 44.7. The second kappa shape index (κ2) is 28.6. The fourth-order valence-corrected chi connectivity index (χ4v) is 10.8. The van der Waals surface area contributed by atoms with E-state index in [0.717, 1.165) is 6.92 Å². The summed E-state index contributed by atoms with van der Waals surface area (Å²) in [5.74, 6) is -5.69. The Hall–Kier alpha value is -1.53. The van der Waals surface area contributed by atoms with Crippen LogP contribution in [0.15, 0.2) is 0 Å². The van der Waals surface area contributed by atoms with Crippen molar-refractivity contribution in [1.29, 1.82) is 0 Å². The lowest BCUT2D eigenvalue weighted by Gasteiger charge is -2.49. The van der Waals surface area contributed by atoms with E-state index in [0.29, 0.717) is 6.42 Å². The van der Waals surface area contributed by atoms with Crippen LogP contribution in [0.25, 0.3) is 0 Å². The summed E-state index contributed by atoms with van der Waals surface area (Å²) < 4.78 is 80.6. The quantitative estimate of drug-likeness (QED) is 0.0299. The second-order valence-electron chi connectivity index (χ2n) is 20.4. The Morgan fingerprint density at radius 2 is 0.946 bits per heavy atom. The van der Waals surface area contributed by atoms with Gasteiger partial charge in [-0.15, -0.1) is 0 Å². The molecule has 27 heteroatoms. The maximum atomic E-state index is 11.7. The van der Waals surface area contributed by atoms with Crippen molar-refractivity contribution >= 4 is 5.97 Å². The number of ether oxygens (including phenoxy) is 14. The predicted octanol–water partition coefficient (Wildman–Crippen LogP) is -6.10. The van der Waals surface area contributed by atoms with Crippen LogP contribution in [0.1, 0.15) is 34.1 Å². The first-order valence-electron chi connectivity index (χ1n) is 25.4. The van der Waals surface area contributed by atoms with Gasteiger partial charge in [-0.2, -0.15) is 0 Å². The Morgan fingerprint density at radius 1 is 0.500 bits per heavy atom. The molecule has 74 heavy (non-hydrogen) atoms. The van der Waals surface area contributed by atoms with E-state index in [4.69, 9.17) is 66.3 Å². The molecule has 6 aliphatic heterocycles. The van der Waals surface area contributed by atoms with Crippen molar-refractivity contribution in [2.75, 3.05) is 99.8 Å². The molecule has 432 valence electrons. The smallest absolute Gasteiger partial charge is 0.302 e. The van der Waals surface area contributed by atoms with E-state index in [-0.39, 0.29) is 59.5 Å². The molecule has 25 atom stereocenters. The third-order valence-electron chi connectivity index (χ3n) is 15.0. The molecule has 25 unspecified atom stereocenters. The highest BCUT2D eigenvalue weighted by Crippen LogP contribution is 2.37. The average molecular weight is 1080 g/mol. The van der Waals surface area contributed by atoms with E-state index in [2.05, 4.69) is 0 Å². The molecule has 0 amide bonds. The molecule has 0 radical (unpaired) electrons. The lowest BCUT2D eigenvalue weighted by molar-refractivity contribution is -0.360. The van der Waals surface area contributed by atoms with Gasteiger partial charge in [-0.3, -0.25) is 4.79 Å². The minimum atomic E-state index is -1.60. The molecule has 6 aliphatic rings. The molecule has 0 aliphatic carbocycles. The maximum Gasteiger partial charge on any atom is 0.302 e. The van der Waals surface area contributed by atoms with Gasteiger partial charge in [-0.1, -0.05) is 13.3 Å². The Morgan fingerprint density at radius 3 is 1.49 bits per heavy atom. The van der Waals surface area contributed by atoms with Crippen molar-refractivity contribution in [3.05, 3.63) is 0 Å². The molecule has 0 bridgehead atoms.